The van der Waals surface area contributed by atoms with E-state index in [9.17, 15) is 0 Å². The summed E-state index contributed by atoms with van der Waals surface area (Å²) in [5.74, 6) is 0.663. The molecule has 0 spiro atoms. The number of hydrogen-bond donors (Lipinski definition) is 1. The number of likely N-dealkylation sites (tertiary alicyclic amines) is 1. The minimum absolute atomic E-state index is 0.122. The molecule has 0 aromatic heterocycles. The molecule has 1 fully saturated rings. The number of benzene rings is 2. The van der Waals surface area contributed by atoms with Crippen LogP contribution >= 0.6 is 0 Å². The molecular formula is C19H24N2. The summed E-state index contributed by atoms with van der Waals surface area (Å²) < 4.78 is 0. The molecule has 2 unspecified atom stereocenters. The number of hydrogen-bond acceptors (Lipinski definition) is 2. The lowest BCUT2D eigenvalue weighted by molar-refractivity contribution is 0.327. The second kappa shape index (κ2) is 6.42. The maximum atomic E-state index is 5.92. The van der Waals surface area contributed by atoms with Crippen molar-refractivity contribution in [2.45, 2.75) is 31.8 Å². The van der Waals surface area contributed by atoms with E-state index in [1.807, 2.05) is 6.92 Å². The SMILES string of the molecule is CC(N)c1ccc(C2CCN(Cc3ccccc3)C2)cc1. The van der Waals surface area contributed by atoms with Crippen molar-refractivity contribution in [3.05, 3.63) is 71.3 Å². The highest BCUT2D eigenvalue weighted by Crippen LogP contribution is 2.28. The van der Waals surface area contributed by atoms with Crippen LogP contribution in [0.5, 0.6) is 0 Å². The summed E-state index contributed by atoms with van der Waals surface area (Å²) in [6.07, 6.45) is 1.25. The molecule has 2 aromatic carbocycles. The molecule has 0 saturated carbocycles. The van der Waals surface area contributed by atoms with Gasteiger partial charge in [-0.15, -0.1) is 0 Å². The summed E-state index contributed by atoms with van der Waals surface area (Å²) in [7, 11) is 0. The van der Waals surface area contributed by atoms with E-state index in [0.29, 0.717) is 5.92 Å². The molecule has 1 saturated heterocycles. The van der Waals surface area contributed by atoms with E-state index >= 15 is 0 Å². The summed E-state index contributed by atoms with van der Waals surface area (Å²) in [5, 5.41) is 0. The van der Waals surface area contributed by atoms with Gasteiger partial charge in [0, 0.05) is 19.1 Å². The maximum absolute atomic E-state index is 5.92. The molecule has 0 amide bonds. The Bertz CT molecular complexity index is 560. The molecule has 1 aliphatic rings. The van der Waals surface area contributed by atoms with E-state index in [0.717, 1.165) is 13.1 Å². The van der Waals surface area contributed by atoms with Crippen molar-refractivity contribution in [1.82, 2.24) is 4.90 Å². The summed E-state index contributed by atoms with van der Waals surface area (Å²) in [4.78, 5) is 2.56. The van der Waals surface area contributed by atoms with Gasteiger partial charge < -0.3 is 5.73 Å². The molecule has 2 aromatic rings. The van der Waals surface area contributed by atoms with Crippen LogP contribution in [-0.4, -0.2) is 18.0 Å². The summed E-state index contributed by atoms with van der Waals surface area (Å²) in [6, 6.07) is 19.7. The average Bonchev–Trinajstić information content (AvgIpc) is 2.97. The molecule has 2 atom stereocenters. The summed E-state index contributed by atoms with van der Waals surface area (Å²) in [6.45, 7) is 5.45. The van der Waals surface area contributed by atoms with Gasteiger partial charge in [0.2, 0.25) is 0 Å². The van der Waals surface area contributed by atoms with Crippen LogP contribution in [0, 0.1) is 0 Å². The second-order valence-corrected chi connectivity index (χ2v) is 6.16. The fourth-order valence-corrected chi connectivity index (χ4v) is 3.16. The molecule has 110 valence electrons. The highest BCUT2D eigenvalue weighted by molar-refractivity contribution is 5.28. The van der Waals surface area contributed by atoms with E-state index in [1.165, 1.54) is 29.7 Å². The van der Waals surface area contributed by atoms with E-state index in [4.69, 9.17) is 5.73 Å². The van der Waals surface area contributed by atoms with Crippen LogP contribution in [-0.2, 0) is 6.54 Å². The number of nitrogens with two attached hydrogens (primary N) is 1. The van der Waals surface area contributed by atoms with Gasteiger partial charge in [-0.1, -0.05) is 54.6 Å². The van der Waals surface area contributed by atoms with Gasteiger partial charge in [0.1, 0.15) is 0 Å². The molecule has 2 N–H and O–H groups in total. The molecule has 0 radical (unpaired) electrons. The lowest BCUT2D eigenvalue weighted by atomic mass is 9.96. The third-order valence-corrected chi connectivity index (χ3v) is 4.46. The number of rotatable bonds is 4. The van der Waals surface area contributed by atoms with Gasteiger partial charge >= 0.3 is 0 Å². The zero-order chi connectivity index (χ0) is 14.7. The zero-order valence-electron chi connectivity index (χ0n) is 12.7. The monoisotopic (exact) mass is 280 g/mol. The highest BCUT2D eigenvalue weighted by atomic mass is 15.1. The molecule has 3 rings (SSSR count). The van der Waals surface area contributed by atoms with Gasteiger partial charge in [-0.3, -0.25) is 4.90 Å². The normalized spacial score (nSPS) is 20.6. The lowest BCUT2D eigenvalue weighted by Gasteiger charge is -2.16. The molecule has 1 aliphatic heterocycles. The van der Waals surface area contributed by atoms with E-state index in [-0.39, 0.29) is 6.04 Å². The first-order valence-electron chi connectivity index (χ1n) is 7.84. The molecule has 0 aliphatic carbocycles. The molecular weight excluding hydrogens is 256 g/mol. The minimum atomic E-state index is 0.122. The lowest BCUT2D eigenvalue weighted by Crippen LogP contribution is -2.19. The van der Waals surface area contributed by atoms with Crippen LogP contribution < -0.4 is 5.73 Å². The Balaban J connectivity index is 1.61. The van der Waals surface area contributed by atoms with Crippen LogP contribution in [0.3, 0.4) is 0 Å². The largest absolute Gasteiger partial charge is 0.324 e. The van der Waals surface area contributed by atoms with Crippen LogP contribution in [0.15, 0.2) is 54.6 Å². The smallest absolute Gasteiger partial charge is 0.0266 e. The predicted molar refractivity (Wildman–Crippen MR) is 88.1 cm³/mol. The Kier molecular flexibility index (Phi) is 4.37. The Hall–Kier alpha value is -1.64. The van der Waals surface area contributed by atoms with Crippen molar-refractivity contribution in [3.63, 3.8) is 0 Å². The highest BCUT2D eigenvalue weighted by Gasteiger charge is 2.23. The Morgan fingerprint density at radius 1 is 1.10 bits per heavy atom. The van der Waals surface area contributed by atoms with Crippen LogP contribution in [0.4, 0.5) is 0 Å². The van der Waals surface area contributed by atoms with Crippen molar-refractivity contribution in [1.29, 1.82) is 0 Å². The van der Waals surface area contributed by atoms with Crippen molar-refractivity contribution in [2.24, 2.45) is 5.73 Å². The standard InChI is InChI=1S/C19H24N2/c1-15(20)17-7-9-18(10-8-17)19-11-12-21(14-19)13-16-5-3-2-4-6-16/h2-10,15,19H,11-14,20H2,1H3. The topological polar surface area (TPSA) is 29.3 Å². The number of nitrogens with zero attached hydrogens (tertiary/aromatic N) is 1. The second-order valence-electron chi connectivity index (χ2n) is 6.16. The van der Waals surface area contributed by atoms with Crippen LogP contribution in [0.1, 0.15) is 42.0 Å². The molecule has 0 bridgehead atoms. The summed E-state index contributed by atoms with van der Waals surface area (Å²) in [5.41, 5.74) is 10.00. The first kappa shape index (κ1) is 14.3. The van der Waals surface area contributed by atoms with Gasteiger partial charge in [-0.05, 0) is 42.5 Å². The zero-order valence-corrected chi connectivity index (χ0v) is 12.7. The van der Waals surface area contributed by atoms with Crippen LogP contribution in [0.25, 0.3) is 0 Å². The van der Waals surface area contributed by atoms with Gasteiger partial charge in [0.15, 0.2) is 0 Å². The quantitative estimate of drug-likeness (QED) is 0.925. The molecule has 2 heteroatoms. The van der Waals surface area contributed by atoms with E-state index in [1.54, 1.807) is 0 Å². The molecule has 2 nitrogen and oxygen atoms in total. The minimum Gasteiger partial charge on any atom is -0.324 e. The maximum Gasteiger partial charge on any atom is 0.0266 e. The van der Waals surface area contributed by atoms with Crippen molar-refractivity contribution in [2.75, 3.05) is 13.1 Å². The Morgan fingerprint density at radius 2 is 1.81 bits per heavy atom. The van der Waals surface area contributed by atoms with Crippen molar-refractivity contribution < 1.29 is 0 Å². The fourth-order valence-electron chi connectivity index (χ4n) is 3.16. The van der Waals surface area contributed by atoms with Crippen molar-refractivity contribution >= 4 is 0 Å². The Labute approximate surface area is 127 Å². The van der Waals surface area contributed by atoms with E-state index < -0.39 is 0 Å². The van der Waals surface area contributed by atoms with Gasteiger partial charge in [-0.2, -0.15) is 0 Å². The third-order valence-electron chi connectivity index (χ3n) is 4.46. The Morgan fingerprint density at radius 3 is 2.48 bits per heavy atom. The molecule has 1 heterocycles. The van der Waals surface area contributed by atoms with Gasteiger partial charge in [0.25, 0.3) is 0 Å². The van der Waals surface area contributed by atoms with Crippen molar-refractivity contribution in [3.8, 4) is 0 Å². The summed E-state index contributed by atoms with van der Waals surface area (Å²) >= 11 is 0. The predicted octanol–water partition coefficient (Wildman–Crippen LogP) is 3.70. The van der Waals surface area contributed by atoms with E-state index in [2.05, 4.69) is 59.5 Å². The average molecular weight is 280 g/mol. The van der Waals surface area contributed by atoms with Gasteiger partial charge in [0.05, 0.1) is 0 Å². The van der Waals surface area contributed by atoms with Gasteiger partial charge in [-0.25, -0.2) is 0 Å². The first-order valence-corrected chi connectivity index (χ1v) is 7.84. The fraction of sp³-hybridized carbons (Fsp3) is 0.368. The first-order chi connectivity index (χ1) is 10.2. The third kappa shape index (κ3) is 3.52. The molecule has 21 heavy (non-hydrogen) atoms. The van der Waals surface area contributed by atoms with Crippen LogP contribution in [0.2, 0.25) is 0 Å².